The minimum Gasteiger partial charge on any atom is -0.381 e. The fraction of sp³-hybridized carbons (Fsp3) is 0.714. The molecular formula is C14H22N4OS. The molecule has 3 rings (SSSR count). The van der Waals surface area contributed by atoms with Gasteiger partial charge in [-0.05, 0) is 18.8 Å². The Balaban J connectivity index is 1.56. The standard InChI is InChI=1S/C14H22N4OS/c1-5-19-6-2-12(1)10-15-13-9-14(17-11-16-13)18-3-7-20-8-4-18/h9,11-12H,1-8,10H2,(H,15,16,17). The lowest BCUT2D eigenvalue weighted by molar-refractivity contribution is 0.0699. The molecule has 0 saturated carbocycles. The van der Waals surface area contributed by atoms with E-state index in [4.69, 9.17) is 4.74 Å². The first-order chi connectivity index (χ1) is 9.92. The number of nitrogens with one attached hydrogen (secondary N) is 1. The third-order valence-electron chi connectivity index (χ3n) is 3.90. The number of thioether (sulfide) groups is 1. The van der Waals surface area contributed by atoms with Crippen LogP contribution in [0.15, 0.2) is 12.4 Å². The van der Waals surface area contributed by atoms with Gasteiger partial charge in [0.15, 0.2) is 0 Å². The largest absolute Gasteiger partial charge is 0.381 e. The van der Waals surface area contributed by atoms with Crippen molar-refractivity contribution in [3.63, 3.8) is 0 Å². The van der Waals surface area contributed by atoms with Crippen LogP contribution >= 0.6 is 11.8 Å². The summed E-state index contributed by atoms with van der Waals surface area (Å²) in [5.74, 6) is 5.08. The highest BCUT2D eigenvalue weighted by Crippen LogP contribution is 2.20. The predicted molar refractivity (Wildman–Crippen MR) is 83.6 cm³/mol. The van der Waals surface area contributed by atoms with E-state index in [2.05, 4.69) is 26.3 Å². The fourth-order valence-corrected chi connectivity index (χ4v) is 3.51. The lowest BCUT2D eigenvalue weighted by atomic mass is 10.0. The van der Waals surface area contributed by atoms with Crippen LogP contribution in [-0.4, -0.2) is 54.3 Å². The molecule has 1 aromatic heterocycles. The van der Waals surface area contributed by atoms with Gasteiger partial charge >= 0.3 is 0 Å². The van der Waals surface area contributed by atoms with Gasteiger partial charge in [0, 0.05) is 50.4 Å². The van der Waals surface area contributed by atoms with Gasteiger partial charge in [-0.15, -0.1) is 0 Å². The maximum Gasteiger partial charge on any atom is 0.134 e. The van der Waals surface area contributed by atoms with Crippen LogP contribution in [0.3, 0.4) is 0 Å². The van der Waals surface area contributed by atoms with E-state index in [1.54, 1.807) is 6.33 Å². The first-order valence-electron chi connectivity index (χ1n) is 7.38. The molecule has 0 radical (unpaired) electrons. The molecule has 5 nitrogen and oxygen atoms in total. The number of aromatic nitrogens is 2. The second-order valence-corrected chi connectivity index (χ2v) is 6.52. The molecule has 0 spiro atoms. The minimum atomic E-state index is 0.702. The number of hydrogen-bond donors (Lipinski definition) is 1. The average molecular weight is 294 g/mol. The third-order valence-corrected chi connectivity index (χ3v) is 4.84. The van der Waals surface area contributed by atoms with Crippen molar-refractivity contribution in [1.29, 1.82) is 0 Å². The van der Waals surface area contributed by atoms with E-state index in [0.717, 1.165) is 57.3 Å². The summed E-state index contributed by atoms with van der Waals surface area (Å²) in [6, 6.07) is 2.08. The van der Waals surface area contributed by atoms with Crippen LogP contribution in [0.4, 0.5) is 11.6 Å². The van der Waals surface area contributed by atoms with Gasteiger partial charge in [-0.2, -0.15) is 11.8 Å². The van der Waals surface area contributed by atoms with Gasteiger partial charge in [0.25, 0.3) is 0 Å². The Hall–Kier alpha value is -1.01. The number of anilines is 2. The van der Waals surface area contributed by atoms with Gasteiger partial charge in [-0.25, -0.2) is 9.97 Å². The van der Waals surface area contributed by atoms with E-state index in [1.165, 1.54) is 11.5 Å². The quantitative estimate of drug-likeness (QED) is 0.915. The number of rotatable bonds is 4. The van der Waals surface area contributed by atoms with Crippen LogP contribution < -0.4 is 10.2 Å². The van der Waals surface area contributed by atoms with Crippen LogP contribution in [0.1, 0.15) is 12.8 Å². The fourth-order valence-electron chi connectivity index (χ4n) is 2.61. The average Bonchev–Trinajstić information content (AvgIpc) is 2.55. The summed E-state index contributed by atoms with van der Waals surface area (Å²) in [4.78, 5) is 11.1. The van der Waals surface area contributed by atoms with Crippen LogP contribution in [0, 0.1) is 5.92 Å². The zero-order valence-electron chi connectivity index (χ0n) is 11.8. The van der Waals surface area contributed by atoms with Gasteiger partial charge in [0.05, 0.1) is 0 Å². The van der Waals surface area contributed by atoms with Gasteiger partial charge in [-0.1, -0.05) is 0 Å². The zero-order valence-corrected chi connectivity index (χ0v) is 12.6. The molecule has 3 heterocycles. The second-order valence-electron chi connectivity index (χ2n) is 5.30. The summed E-state index contributed by atoms with van der Waals surface area (Å²) >= 11 is 2.01. The molecule has 1 aromatic rings. The third kappa shape index (κ3) is 3.76. The Kier molecular flexibility index (Phi) is 4.97. The molecule has 2 fully saturated rings. The predicted octanol–water partition coefficient (Wildman–Crippen LogP) is 1.87. The Labute approximate surface area is 124 Å². The molecule has 2 aliphatic rings. The molecule has 0 aliphatic carbocycles. The SMILES string of the molecule is c1nc(NCC2CCOCC2)cc(N2CCSCC2)n1. The van der Waals surface area contributed by atoms with Crippen molar-refractivity contribution in [2.24, 2.45) is 5.92 Å². The maximum atomic E-state index is 5.39. The van der Waals surface area contributed by atoms with Crippen LogP contribution in [0.5, 0.6) is 0 Å². The molecule has 0 aromatic carbocycles. The Morgan fingerprint density at radius 3 is 2.85 bits per heavy atom. The van der Waals surface area contributed by atoms with Crippen molar-refractivity contribution in [2.45, 2.75) is 12.8 Å². The maximum absolute atomic E-state index is 5.39. The number of hydrogen-bond acceptors (Lipinski definition) is 6. The van der Waals surface area contributed by atoms with E-state index >= 15 is 0 Å². The van der Waals surface area contributed by atoms with Crippen molar-refractivity contribution in [2.75, 3.05) is 54.6 Å². The Bertz CT molecular complexity index is 419. The van der Waals surface area contributed by atoms with Crippen molar-refractivity contribution in [3.05, 3.63) is 12.4 Å². The van der Waals surface area contributed by atoms with Crippen LogP contribution in [-0.2, 0) is 4.74 Å². The summed E-state index contributed by atoms with van der Waals surface area (Å²) in [6.07, 6.45) is 3.96. The molecule has 0 amide bonds. The van der Waals surface area contributed by atoms with Gasteiger partial charge in [0.2, 0.25) is 0 Å². The summed E-state index contributed by atoms with van der Waals surface area (Å²) in [7, 11) is 0. The van der Waals surface area contributed by atoms with Crippen molar-refractivity contribution < 1.29 is 4.74 Å². The highest BCUT2D eigenvalue weighted by atomic mass is 32.2. The lowest BCUT2D eigenvalue weighted by Gasteiger charge is -2.27. The first kappa shape index (κ1) is 13.9. The first-order valence-corrected chi connectivity index (χ1v) is 8.53. The molecule has 6 heteroatoms. The number of ether oxygens (including phenoxy) is 1. The molecule has 0 atom stereocenters. The minimum absolute atomic E-state index is 0.702. The van der Waals surface area contributed by atoms with E-state index in [9.17, 15) is 0 Å². The molecule has 110 valence electrons. The Morgan fingerprint density at radius 2 is 2.05 bits per heavy atom. The molecular weight excluding hydrogens is 272 g/mol. The van der Waals surface area contributed by atoms with E-state index in [-0.39, 0.29) is 0 Å². The summed E-state index contributed by atoms with van der Waals surface area (Å²) in [5.41, 5.74) is 0. The second kappa shape index (κ2) is 7.13. The van der Waals surface area contributed by atoms with Crippen molar-refractivity contribution in [1.82, 2.24) is 9.97 Å². The summed E-state index contributed by atoms with van der Waals surface area (Å²) in [5, 5.41) is 3.46. The molecule has 2 aliphatic heterocycles. The molecule has 20 heavy (non-hydrogen) atoms. The molecule has 0 bridgehead atoms. The highest BCUT2D eigenvalue weighted by molar-refractivity contribution is 7.99. The van der Waals surface area contributed by atoms with Crippen molar-refractivity contribution in [3.8, 4) is 0 Å². The highest BCUT2D eigenvalue weighted by Gasteiger charge is 2.15. The van der Waals surface area contributed by atoms with Gasteiger partial charge in [0.1, 0.15) is 18.0 Å². The zero-order chi connectivity index (χ0) is 13.6. The monoisotopic (exact) mass is 294 g/mol. The summed E-state index contributed by atoms with van der Waals surface area (Å²) in [6.45, 7) is 4.94. The molecule has 2 saturated heterocycles. The van der Waals surface area contributed by atoms with E-state index in [1.807, 2.05) is 11.8 Å². The smallest absolute Gasteiger partial charge is 0.134 e. The van der Waals surface area contributed by atoms with Gasteiger partial charge in [-0.3, -0.25) is 0 Å². The van der Waals surface area contributed by atoms with Gasteiger partial charge < -0.3 is 15.0 Å². The Morgan fingerprint density at radius 1 is 1.25 bits per heavy atom. The topological polar surface area (TPSA) is 50.3 Å². The lowest BCUT2D eigenvalue weighted by Crippen LogP contribution is -2.33. The van der Waals surface area contributed by atoms with E-state index in [0.29, 0.717) is 5.92 Å². The molecule has 1 N–H and O–H groups in total. The summed E-state index contributed by atoms with van der Waals surface area (Å²) < 4.78 is 5.39. The number of nitrogens with zero attached hydrogens (tertiary/aromatic N) is 3. The van der Waals surface area contributed by atoms with E-state index < -0.39 is 0 Å². The van der Waals surface area contributed by atoms with Crippen LogP contribution in [0.25, 0.3) is 0 Å². The molecule has 0 unspecified atom stereocenters. The van der Waals surface area contributed by atoms with Crippen molar-refractivity contribution >= 4 is 23.4 Å². The van der Waals surface area contributed by atoms with Crippen LogP contribution in [0.2, 0.25) is 0 Å². The normalized spacial score (nSPS) is 20.9.